The summed E-state index contributed by atoms with van der Waals surface area (Å²) in [7, 11) is 1.88. The van der Waals surface area contributed by atoms with Crippen LogP contribution in [0.2, 0.25) is 0 Å². The first-order valence-electron chi connectivity index (χ1n) is 9.04. The van der Waals surface area contributed by atoms with Crippen molar-refractivity contribution in [3.8, 4) is 11.3 Å². The number of hydrogen-bond acceptors (Lipinski definition) is 3. The molecule has 0 radical (unpaired) electrons. The summed E-state index contributed by atoms with van der Waals surface area (Å²) >= 11 is 0. The van der Waals surface area contributed by atoms with Gasteiger partial charge in [-0.1, -0.05) is 12.1 Å². The van der Waals surface area contributed by atoms with Gasteiger partial charge in [0.25, 0.3) is 5.91 Å². The Hall–Kier alpha value is -2.95. The zero-order valence-electron chi connectivity index (χ0n) is 14.9. The quantitative estimate of drug-likeness (QED) is 0.788. The molecule has 2 aromatic heterocycles. The highest BCUT2D eigenvalue weighted by Gasteiger charge is 2.16. The van der Waals surface area contributed by atoms with Gasteiger partial charge in [-0.15, -0.1) is 0 Å². The molecular weight excluding hydrogens is 324 g/mol. The Kier molecular flexibility index (Phi) is 4.52. The van der Waals surface area contributed by atoms with Crippen LogP contribution in [0, 0.1) is 0 Å². The second-order valence-electron chi connectivity index (χ2n) is 6.77. The molecule has 1 aliphatic rings. The molecule has 26 heavy (non-hydrogen) atoms. The first-order chi connectivity index (χ1) is 12.7. The van der Waals surface area contributed by atoms with Crippen LogP contribution in [-0.4, -0.2) is 20.7 Å². The number of carbonyl (C=O) groups excluding carboxylic acids is 1. The number of amides is 1. The average molecular weight is 346 g/mol. The van der Waals surface area contributed by atoms with Crippen LogP contribution in [0.4, 0.5) is 0 Å². The highest BCUT2D eigenvalue weighted by molar-refractivity contribution is 5.93. The van der Waals surface area contributed by atoms with Crippen LogP contribution in [0.25, 0.3) is 11.3 Å². The first kappa shape index (κ1) is 16.5. The molecule has 1 amide bonds. The SMILES string of the molecule is Cn1nc(C(=O)NCc2ccncc2)cc1-c1ccc2c(c1)CCCC2. The fourth-order valence-electron chi connectivity index (χ4n) is 3.51. The number of pyridine rings is 1. The van der Waals surface area contributed by atoms with E-state index >= 15 is 0 Å². The molecule has 5 heteroatoms. The van der Waals surface area contributed by atoms with E-state index in [-0.39, 0.29) is 5.91 Å². The van der Waals surface area contributed by atoms with Crippen LogP contribution in [-0.2, 0) is 26.4 Å². The second kappa shape index (κ2) is 7.12. The van der Waals surface area contributed by atoms with Crippen molar-refractivity contribution in [2.24, 2.45) is 7.05 Å². The van der Waals surface area contributed by atoms with Crippen molar-refractivity contribution >= 4 is 5.91 Å². The van der Waals surface area contributed by atoms with Crippen molar-refractivity contribution in [1.82, 2.24) is 20.1 Å². The Labute approximate surface area is 153 Å². The molecule has 0 saturated heterocycles. The van der Waals surface area contributed by atoms with E-state index in [4.69, 9.17) is 0 Å². The number of hydrogen-bond donors (Lipinski definition) is 1. The fraction of sp³-hybridized carbons (Fsp3) is 0.286. The van der Waals surface area contributed by atoms with Gasteiger partial charge in [0.15, 0.2) is 5.69 Å². The summed E-state index contributed by atoms with van der Waals surface area (Å²) in [4.78, 5) is 16.4. The molecule has 5 nitrogen and oxygen atoms in total. The van der Waals surface area contributed by atoms with Gasteiger partial charge in [0, 0.05) is 31.5 Å². The maximum absolute atomic E-state index is 12.4. The Bertz CT molecular complexity index is 930. The third kappa shape index (κ3) is 3.38. The molecular formula is C21H22N4O. The zero-order chi connectivity index (χ0) is 17.9. The van der Waals surface area contributed by atoms with Crippen molar-refractivity contribution in [2.75, 3.05) is 0 Å². The van der Waals surface area contributed by atoms with Gasteiger partial charge in [-0.25, -0.2) is 0 Å². The summed E-state index contributed by atoms with van der Waals surface area (Å²) in [6.45, 7) is 0.464. The van der Waals surface area contributed by atoms with Gasteiger partial charge in [0.2, 0.25) is 0 Å². The van der Waals surface area contributed by atoms with Gasteiger partial charge < -0.3 is 5.32 Å². The van der Waals surface area contributed by atoms with Gasteiger partial charge in [-0.3, -0.25) is 14.5 Å². The van der Waals surface area contributed by atoms with Crippen molar-refractivity contribution < 1.29 is 4.79 Å². The lowest BCUT2D eigenvalue weighted by Gasteiger charge is -2.16. The number of nitrogens with zero attached hydrogens (tertiary/aromatic N) is 3. The molecule has 1 aromatic carbocycles. The minimum Gasteiger partial charge on any atom is -0.347 e. The lowest BCUT2D eigenvalue weighted by molar-refractivity contribution is 0.0945. The van der Waals surface area contributed by atoms with Crippen LogP contribution in [0.1, 0.15) is 40.0 Å². The number of rotatable bonds is 4. The third-order valence-corrected chi connectivity index (χ3v) is 4.96. The summed E-state index contributed by atoms with van der Waals surface area (Å²) < 4.78 is 1.78. The number of benzene rings is 1. The minimum atomic E-state index is -0.165. The molecule has 0 aliphatic heterocycles. The van der Waals surface area contributed by atoms with Gasteiger partial charge in [0.05, 0.1) is 5.69 Å². The zero-order valence-corrected chi connectivity index (χ0v) is 14.9. The number of aryl methyl sites for hydroxylation is 3. The molecule has 132 valence electrons. The largest absolute Gasteiger partial charge is 0.347 e. The molecule has 0 bridgehead atoms. The number of carbonyl (C=O) groups is 1. The lowest BCUT2D eigenvalue weighted by Crippen LogP contribution is -2.23. The third-order valence-electron chi connectivity index (χ3n) is 4.96. The summed E-state index contributed by atoms with van der Waals surface area (Å²) in [5, 5.41) is 7.32. The molecule has 0 atom stereocenters. The molecule has 0 fully saturated rings. The topological polar surface area (TPSA) is 59.8 Å². The van der Waals surface area contributed by atoms with E-state index in [1.165, 1.54) is 30.4 Å². The average Bonchev–Trinajstić information content (AvgIpc) is 3.08. The summed E-state index contributed by atoms with van der Waals surface area (Å²) in [6, 6.07) is 12.3. The maximum Gasteiger partial charge on any atom is 0.272 e. The summed E-state index contributed by atoms with van der Waals surface area (Å²) in [5.74, 6) is -0.165. The van der Waals surface area contributed by atoms with Gasteiger partial charge >= 0.3 is 0 Å². The highest BCUT2D eigenvalue weighted by atomic mass is 16.1. The Morgan fingerprint density at radius 3 is 2.65 bits per heavy atom. The summed E-state index contributed by atoms with van der Waals surface area (Å²) in [5.41, 5.74) is 6.42. The van der Waals surface area contributed by atoms with Crippen LogP contribution in [0.3, 0.4) is 0 Å². The predicted octanol–water partition coefficient (Wildman–Crippen LogP) is 3.29. The predicted molar refractivity (Wildman–Crippen MR) is 101 cm³/mol. The molecule has 0 saturated carbocycles. The lowest BCUT2D eigenvalue weighted by atomic mass is 9.90. The standard InChI is InChI=1S/C21H22N4O/c1-25-20(18-7-6-16-4-2-3-5-17(16)12-18)13-19(24-25)21(26)23-14-15-8-10-22-11-9-15/h6-13H,2-5,14H2,1H3,(H,23,26). The molecule has 0 spiro atoms. The maximum atomic E-state index is 12.4. The highest BCUT2D eigenvalue weighted by Crippen LogP contribution is 2.27. The van der Waals surface area contributed by atoms with E-state index in [9.17, 15) is 4.79 Å². The van der Waals surface area contributed by atoms with Gasteiger partial charge in [0.1, 0.15) is 0 Å². The van der Waals surface area contributed by atoms with Gasteiger partial charge in [-0.05, 0) is 66.6 Å². The smallest absolute Gasteiger partial charge is 0.272 e. The number of aromatic nitrogens is 3. The van der Waals surface area contributed by atoms with E-state index in [0.29, 0.717) is 12.2 Å². The molecule has 1 aliphatic carbocycles. The fourth-order valence-corrected chi connectivity index (χ4v) is 3.51. The van der Waals surface area contributed by atoms with E-state index in [0.717, 1.165) is 23.2 Å². The number of fused-ring (bicyclic) bond motifs is 1. The van der Waals surface area contributed by atoms with Crippen LogP contribution < -0.4 is 5.32 Å². The molecule has 4 rings (SSSR count). The Balaban J connectivity index is 1.53. The van der Waals surface area contributed by atoms with E-state index in [1.54, 1.807) is 17.1 Å². The van der Waals surface area contributed by atoms with E-state index in [1.807, 2.05) is 25.2 Å². The van der Waals surface area contributed by atoms with Crippen molar-refractivity contribution in [1.29, 1.82) is 0 Å². The second-order valence-corrected chi connectivity index (χ2v) is 6.77. The monoisotopic (exact) mass is 346 g/mol. The Morgan fingerprint density at radius 2 is 1.85 bits per heavy atom. The van der Waals surface area contributed by atoms with Gasteiger partial charge in [-0.2, -0.15) is 5.10 Å². The minimum absolute atomic E-state index is 0.165. The normalized spacial score (nSPS) is 13.3. The van der Waals surface area contributed by atoms with Crippen LogP contribution in [0.15, 0.2) is 48.8 Å². The van der Waals surface area contributed by atoms with Crippen molar-refractivity contribution in [3.63, 3.8) is 0 Å². The van der Waals surface area contributed by atoms with E-state index < -0.39 is 0 Å². The van der Waals surface area contributed by atoms with Crippen LogP contribution in [0.5, 0.6) is 0 Å². The molecule has 0 unspecified atom stereocenters. The molecule has 1 N–H and O–H groups in total. The molecule has 2 heterocycles. The van der Waals surface area contributed by atoms with E-state index in [2.05, 4.69) is 33.6 Å². The van der Waals surface area contributed by atoms with Crippen LogP contribution >= 0.6 is 0 Å². The first-order valence-corrected chi connectivity index (χ1v) is 9.04. The van der Waals surface area contributed by atoms with Crippen molar-refractivity contribution in [3.05, 3.63) is 71.2 Å². The summed E-state index contributed by atoms with van der Waals surface area (Å²) in [6.07, 6.45) is 8.28. The van der Waals surface area contributed by atoms with Crippen molar-refractivity contribution in [2.45, 2.75) is 32.2 Å². The Morgan fingerprint density at radius 1 is 1.08 bits per heavy atom. The number of nitrogens with one attached hydrogen (secondary N) is 1. The molecule has 3 aromatic rings.